The maximum atomic E-state index is 4.17. The van der Waals surface area contributed by atoms with Crippen LogP contribution in [0, 0.1) is 11.8 Å². The van der Waals surface area contributed by atoms with E-state index in [2.05, 4.69) is 29.1 Å². The molecule has 17 heavy (non-hydrogen) atoms. The normalized spacial score (nSPS) is 29.2. The second-order valence-corrected chi connectivity index (χ2v) is 5.26. The van der Waals surface area contributed by atoms with Gasteiger partial charge >= 0.3 is 0 Å². The molecule has 0 spiro atoms. The lowest BCUT2D eigenvalue weighted by molar-refractivity contribution is 0.242. The van der Waals surface area contributed by atoms with Crippen molar-refractivity contribution < 1.29 is 0 Å². The van der Waals surface area contributed by atoms with E-state index in [9.17, 15) is 0 Å². The maximum absolute atomic E-state index is 4.17. The van der Waals surface area contributed by atoms with E-state index in [1.807, 2.05) is 12.4 Å². The number of nitrogens with one attached hydrogen (secondary N) is 1. The first-order chi connectivity index (χ1) is 8.31. The fourth-order valence-electron chi connectivity index (χ4n) is 2.93. The lowest BCUT2D eigenvalue weighted by Crippen LogP contribution is -2.31. The van der Waals surface area contributed by atoms with Crippen LogP contribution in [-0.4, -0.2) is 23.1 Å². The third kappa shape index (κ3) is 3.25. The molecule has 1 N–H and O–H groups in total. The Morgan fingerprint density at radius 1 is 1.29 bits per heavy atom. The van der Waals surface area contributed by atoms with Crippen molar-refractivity contribution in [3.8, 4) is 0 Å². The fourth-order valence-corrected chi connectivity index (χ4v) is 2.93. The molecule has 1 saturated carbocycles. The van der Waals surface area contributed by atoms with Gasteiger partial charge in [-0.25, -0.2) is 9.97 Å². The minimum absolute atomic E-state index is 0.638. The van der Waals surface area contributed by atoms with Gasteiger partial charge in [-0.1, -0.05) is 20.3 Å². The highest BCUT2D eigenvalue weighted by atomic mass is 14.9. The average Bonchev–Trinajstić information content (AvgIpc) is 2.38. The number of nitrogens with zero attached hydrogens (tertiary/aromatic N) is 2. The molecule has 3 heteroatoms. The van der Waals surface area contributed by atoms with E-state index in [1.54, 1.807) is 6.33 Å². The van der Waals surface area contributed by atoms with Crippen LogP contribution in [-0.2, 0) is 0 Å². The zero-order chi connectivity index (χ0) is 12.1. The Hall–Kier alpha value is -0.960. The first-order valence-electron chi connectivity index (χ1n) is 6.76. The van der Waals surface area contributed by atoms with E-state index in [4.69, 9.17) is 0 Å². The standard InChI is InChI=1S/C14H23N3/c1-3-15-7-12-5-4-11(2)6-14(12)13-8-16-10-17-9-13/h8-12,14-15H,3-7H2,1-2H3. The molecule has 0 aromatic carbocycles. The highest BCUT2D eigenvalue weighted by Gasteiger charge is 2.29. The topological polar surface area (TPSA) is 37.8 Å². The molecule has 1 aromatic heterocycles. The van der Waals surface area contributed by atoms with Crippen LogP contribution in [0.5, 0.6) is 0 Å². The van der Waals surface area contributed by atoms with Gasteiger partial charge in [0.05, 0.1) is 0 Å². The summed E-state index contributed by atoms with van der Waals surface area (Å²) in [4.78, 5) is 8.34. The summed E-state index contributed by atoms with van der Waals surface area (Å²) in [5, 5.41) is 3.49. The number of hydrogen-bond donors (Lipinski definition) is 1. The summed E-state index contributed by atoms with van der Waals surface area (Å²) in [5.74, 6) is 2.22. The highest BCUT2D eigenvalue weighted by Crippen LogP contribution is 2.39. The Labute approximate surface area is 104 Å². The van der Waals surface area contributed by atoms with Gasteiger partial charge in [-0.3, -0.25) is 0 Å². The maximum Gasteiger partial charge on any atom is 0.115 e. The number of hydrogen-bond acceptors (Lipinski definition) is 3. The van der Waals surface area contributed by atoms with Crippen molar-refractivity contribution in [3.05, 3.63) is 24.3 Å². The van der Waals surface area contributed by atoms with E-state index in [-0.39, 0.29) is 0 Å². The van der Waals surface area contributed by atoms with Gasteiger partial charge in [0, 0.05) is 12.4 Å². The molecule has 2 rings (SSSR count). The molecule has 1 heterocycles. The van der Waals surface area contributed by atoms with E-state index in [1.165, 1.54) is 24.8 Å². The Kier molecular flexibility index (Phi) is 4.49. The molecule has 94 valence electrons. The summed E-state index contributed by atoms with van der Waals surface area (Å²) in [6, 6.07) is 0. The third-order valence-electron chi connectivity index (χ3n) is 3.92. The van der Waals surface area contributed by atoms with Crippen molar-refractivity contribution >= 4 is 0 Å². The Morgan fingerprint density at radius 2 is 2.06 bits per heavy atom. The molecule has 3 nitrogen and oxygen atoms in total. The predicted octanol–water partition coefficient (Wildman–Crippen LogP) is 2.61. The van der Waals surface area contributed by atoms with Gasteiger partial charge in [0.1, 0.15) is 6.33 Å². The van der Waals surface area contributed by atoms with Crippen molar-refractivity contribution in [2.75, 3.05) is 13.1 Å². The van der Waals surface area contributed by atoms with Gasteiger partial charge in [-0.05, 0) is 49.2 Å². The fraction of sp³-hybridized carbons (Fsp3) is 0.714. The quantitative estimate of drug-likeness (QED) is 0.868. The molecule has 1 fully saturated rings. The Morgan fingerprint density at radius 3 is 2.76 bits per heavy atom. The lowest BCUT2D eigenvalue weighted by atomic mass is 9.72. The molecule has 3 unspecified atom stereocenters. The second-order valence-electron chi connectivity index (χ2n) is 5.26. The lowest BCUT2D eigenvalue weighted by Gasteiger charge is -2.35. The summed E-state index contributed by atoms with van der Waals surface area (Å²) in [6.07, 6.45) is 9.58. The van der Waals surface area contributed by atoms with E-state index in [0.717, 1.165) is 24.9 Å². The molecule has 3 atom stereocenters. The van der Waals surface area contributed by atoms with E-state index >= 15 is 0 Å². The minimum atomic E-state index is 0.638. The summed E-state index contributed by atoms with van der Waals surface area (Å²) < 4.78 is 0. The van der Waals surface area contributed by atoms with Crippen LogP contribution in [0.25, 0.3) is 0 Å². The largest absolute Gasteiger partial charge is 0.317 e. The zero-order valence-electron chi connectivity index (χ0n) is 10.9. The van der Waals surface area contributed by atoms with E-state index in [0.29, 0.717) is 5.92 Å². The predicted molar refractivity (Wildman–Crippen MR) is 69.8 cm³/mol. The van der Waals surface area contributed by atoms with Crippen LogP contribution in [0.3, 0.4) is 0 Å². The molecule has 1 aromatic rings. The zero-order valence-corrected chi connectivity index (χ0v) is 10.9. The summed E-state index contributed by atoms with van der Waals surface area (Å²) in [5.41, 5.74) is 1.32. The van der Waals surface area contributed by atoms with Crippen molar-refractivity contribution in [3.63, 3.8) is 0 Å². The molecular weight excluding hydrogens is 210 g/mol. The van der Waals surface area contributed by atoms with Gasteiger partial charge in [0.2, 0.25) is 0 Å². The molecule has 0 saturated heterocycles. The Bertz CT molecular complexity index is 323. The molecule has 0 radical (unpaired) electrons. The van der Waals surface area contributed by atoms with Gasteiger partial charge < -0.3 is 5.32 Å². The van der Waals surface area contributed by atoms with Crippen molar-refractivity contribution in [1.29, 1.82) is 0 Å². The van der Waals surface area contributed by atoms with Crippen LogP contribution >= 0.6 is 0 Å². The summed E-state index contributed by atoms with van der Waals surface area (Å²) in [7, 11) is 0. The third-order valence-corrected chi connectivity index (χ3v) is 3.92. The van der Waals surface area contributed by atoms with E-state index < -0.39 is 0 Å². The van der Waals surface area contributed by atoms with Crippen LogP contribution in [0.15, 0.2) is 18.7 Å². The van der Waals surface area contributed by atoms with Crippen LogP contribution in [0.1, 0.15) is 44.6 Å². The average molecular weight is 233 g/mol. The van der Waals surface area contributed by atoms with Crippen molar-refractivity contribution in [2.24, 2.45) is 11.8 Å². The molecule has 0 amide bonds. The van der Waals surface area contributed by atoms with Gasteiger partial charge in [-0.2, -0.15) is 0 Å². The molecule has 0 aliphatic heterocycles. The molecular formula is C14H23N3. The van der Waals surface area contributed by atoms with Crippen molar-refractivity contribution in [2.45, 2.75) is 39.0 Å². The minimum Gasteiger partial charge on any atom is -0.317 e. The monoisotopic (exact) mass is 233 g/mol. The SMILES string of the molecule is CCNCC1CCC(C)CC1c1cncnc1. The molecule has 1 aliphatic carbocycles. The number of rotatable bonds is 4. The van der Waals surface area contributed by atoms with Crippen LogP contribution in [0.2, 0.25) is 0 Å². The van der Waals surface area contributed by atoms with Crippen LogP contribution in [0.4, 0.5) is 0 Å². The first-order valence-corrected chi connectivity index (χ1v) is 6.76. The second kappa shape index (κ2) is 6.10. The smallest absolute Gasteiger partial charge is 0.115 e. The van der Waals surface area contributed by atoms with Crippen LogP contribution < -0.4 is 5.32 Å². The highest BCUT2D eigenvalue weighted by molar-refractivity contribution is 5.13. The summed E-state index contributed by atoms with van der Waals surface area (Å²) in [6.45, 7) is 6.72. The molecule has 0 bridgehead atoms. The Balaban J connectivity index is 2.08. The number of aromatic nitrogens is 2. The summed E-state index contributed by atoms with van der Waals surface area (Å²) >= 11 is 0. The van der Waals surface area contributed by atoms with Gasteiger partial charge in [-0.15, -0.1) is 0 Å². The first kappa shape index (κ1) is 12.5. The van der Waals surface area contributed by atoms with Gasteiger partial charge in [0.15, 0.2) is 0 Å². The molecule has 1 aliphatic rings. The van der Waals surface area contributed by atoms with Gasteiger partial charge in [0.25, 0.3) is 0 Å². The van der Waals surface area contributed by atoms with Crippen molar-refractivity contribution in [1.82, 2.24) is 15.3 Å².